The van der Waals surface area contributed by atoms with E-state index in [4.69, 9.17) is 18.3 Å². The molecule has 0 saturated carbocycles. The summed E-state index contributed by atoms with van der Waals surface area (Å²) in [6.07, 6.45) is 70.0. The van der Waals surface area contributed by atoms with Gasteiger partial charge in [0.05, 0.1) is 33.8 Å². The Balaban J connectivity index is 5.99. The SMILES string of the molecule is CCCCCCCCCCCCC/C=C/C(OC(=O)CCCCCCCCCCCCCCC)C(COP(=O)(OCC[N+](C)(C)C)OC(=O)CCCCCCCCCCCCCCC)NC(=O)CCCCCCCCCCCCCCCCCC. The minimum absolute atomic E-state index is 0.0411. The lowest BCUT2D eigenvalue weighted by atomic mass is 10.0. The van der Waals surface area contributed by atoms with E-state index in [0.717, 1.165) is 77.0 Å². The van der Waals surface area contributed by atoms with Gasteiger partial charge in [-0.05, 0) is 38.2 Å². The molecule has 0 aliphatic carbocycles. The van der Waals surface area contributed by atoms with Gasteiger partial charge in [-0.1, -0.05) is 348 Å². The maximum Gasteiger partial charge on any atom is 0.532 e. The lowest BCUT2D eigenvalue weighted by Gasteiger charge is -2.28. The van der Waals surface area contributed by atoms with Crippen LogP contribution in [0.1, 0.15) is 394 Å². The molecular weight excluding hydrogens is 1080 g/mol. The summed E-state index contributed by atoms with van der Waals surface area (Å²) in [5.74, 6) is -1.11. The summed E-state index contributed by atoms with van der Waals surface area (Å²) in [5, 5.41) is 3.16. The first-order chi connectivity index (χ1) is 41.4. The van der Waals surface area contributed by atoms with Gasteiger partial charge >= 0.3 is 19.8 Å². The van der Waals surface area contributed by atoms with E-state index in [1.165, 1.54) is 263 Å². The van der Waals surface area contributed by atoms with E-state index in [0.29, 0.717) is 23.9 Å². The van der Waals surface area contributed by atoms with Crippen molar-refractivity contribution in [3.63, 3.8) is 0 Å². The summed E-state index contributed by atoms with van der Waals surface area (Å²) < 4.78 is 39.2. The largest absolute Gasteiger partial charge is 0.532 e. The highest BCUT2D eigenvalue weighted by molar-refractivity contribution is 7.49. The van der Waals surface area contributed by atoms with E-state index in [2.05, 4.69) is 39.1 Å². The van der Waals surface area contributed by atoms with Gasteiger partial charge in [0.25, 0.3) is 0 Å². The number of amides is 1. The highest BCUT2D eigenvalue weighted by Crippen LogP contribution is 2.50. The number of phosphoric ester groups is 1. The van der Waals surface area contributed by atoms with Crippen molar-refractivity contribution in [1.82, 2.24) is 5.32 Å². The van der Waals surface area contributed by atoms with Crippen LogP contribution in [0.4, 0.5) is 0 Å². The van der Waals surface area contributed by atoms with E-state index in [1.807, 2.05) is 27.2 Å². The predicted octanol–water partition coefficient (Wildman–Crippen LogP) is 23.6. The number of hydrogen-bond donors (Lipinski definition) is 1. The molecule has 0 radical (unpaired) electrons. The van der Waals surface area contributed by atoms with Crippen LogP contribution < -0.4 is 5.32 Å². The highest BCUT2D eigenvalue weighted by atomic mass is 31.2. The first-order valence-electron chi connectivity index (χ1n) is 37.5. The lowest BCUT2D eigenvalue weighted by molar-refractivity contribution is -0.870. The Bertz CT molecular complexity index is 1520. The van der Waals surface area contributed by atoms with E-state index in [-0.39, 0.29) is 37.9 Å². The number of quaternary nitrogens is 1. The fraction of sp³-hybridized carbons (Fsp3) is 0.932. The molecule has 0 aromatic carbocycles. The second-order valence-electron chi connectivity index (χ2n) is 27.0. The van der Waals surface area contributed by atoms with Crippen molar-refractivity contribution >= 4 is 25.7 Å². The van der Waals surface area contributed by atoms with Crippen LogP contribution in [0, 0.1) is 0 Å². The zero-order valence-electron chi connectivity index (χ0n) is 57.9. The Morgan fingerprint density at radius 2 is 0.682 bits per heavy atom. The van der Waals surface area contributed by atoms with Gasteiger partial charge in [0, 0.05) is 19.3 Å². The number of rotatable bonds is 69. The van der Waals surface area contributed by atoms with Crippen molar-refractivity contribution in [3.8, 4) is 0 Å². The molecule has 0 bridgehead atoms. The first kappa shape index (κ1) is 83.3. The summed E-state index contributed by atoms with van der Waals surface area (Å²) in [6, 6.07) is -0.882. The molecule has 0 aliphatic heterocycles. The molecule has 11 heteroatoms. The topological polar surface area (TPSA) is 117 Å². The van der Waals surface area contributed by atoms with Crippen molar-refractivity contribution in [1.29, 1.82) is 0 Å². The fourth-order valence-electron chi connectivity index (χ4n) is 11.4. The molecule has 1 N–H and O–H groups in total. The number of ether oxygens (including phenoxy) is 1. The minimum atomic E-state index is -4.45. The minimum Gasteiger partial charge on any atom is -0.456 e. The Kier molecular flexibility index (Phi) is 62.5. The Labute approximate surface area is 529 Å². The number of nitrogens with zero attached hydrogens (tertiary/aromatic N) is 1. The van der Waals surface area contributed by atoms with Crippen molar-refractivity contribution < 1.29 is 41.7 Å². The number of hydrogen-bond acceptors (Lipinski definition) is 8. The second-order valence-corrected chi connectivity index (χ2v) is 28.6. The fourth-order valence-corrected chi connectivity index (χ4v) is 12.6. The van der Waals surface area contributed by atoms with Gasteiger partial charge in [-0.3, -0.25) is 23.4 Å². The first-order valence-corrected chi connectivity index (χ1v) is 38.9. The van der Waals surface area contributed by atoms with Gasteiger partial charge in [-0.25, -0.2) is 4.57 Å². The van der Waals surface area contributed by atoms with Crippen LogP contribution in [0.3, 0.4) is 0 Å². The third-order valence-electron chi connectivity index (χ3n) is 17.2. The quantitative estimate of drug-likeness (QED) is 0.0210. The van der Waals surface area contributed by atoms with Crippen molar-refractivity contribution in [2.45, 2.75) is 406 Å². The molecule has 0 saturated heterocycles. The highest BCUT2D eigenvalue weighted by Gasteiger charge is 2.36. The molecule has 0 rings (SSSR count). The third-order valence-corrected chi connectivity index (χ3v) is 18.6. The maximum absolute atomic E-state index is 14.6. The van der Waals surface area contributed by atoms with Gasteiger partial charge in [0.1, 0.15) is 19.3 Å². The molecular formula is C74H146N2O8P+. The smallest absolute Gasteiger partial charge is 0.456 e. The van der Waals surface area contributed by atoms with Crippen molar-refractivity contribution in [2.75, 3.05) is 40.9 Å². The van der Waals surface area contributed by atoms with Crippen LogP contribution in [0.15, 0.2) is 12.2 Å². The molecule has 3 atom stereocenters. The van der Waals surface area contributed by atoms with Crippen LogP contribution in [-0.2, 0) is 37.3 Å². The molecule has 1 amide bonds. The second kappa shape index (κ2) is 63.8. The molecule has 0 aliphatic rings. The summed E-state index contributed by atoms with van der Waals surface area (Å²) in [4.78, 5) is 41.2. The summed E-state index contributed by atoms with van der Waals surface area (Å²) in [6.45, 7) is 9.30. The molecule has 0 aromatic heterocycles. The predicted molar refractivity (Wildman–Crippen MR) is 365 cm³/mol. The van der Waals surface area contributed by atoms with Crippen LogP contribution in [-0.4, -0.2) is 75.4 Å². The monoisotopic (exact) mass is 1220 g/mol. The number of allylic oxidation sites excluding steroid dienone is 1. The molecule has 10 nitrogen and oxygen atoms in total. The Morgan fingerprint density at radius 3 is 1.01 bits per heavy atom. The maximum atomic E-state index is 14.6. The molecule has 504 valence electrons. The molecule has 0 heterocycles. The van der Waals surface area contributed by atoms with Gasteiger partial charge in [-0.15, -0.1) is 0 Å². The van der Waals surface area contributed by atoms with Crippen molar-refractivity contribution in [2.24, 2.45) is 0 Å². The molecule has 0 spiro atoms. The number of unbranched alkanes of at least 4 members (excludes halogenated alkanes) is 50. The average molecular weight is 1220 g/mol. The van der Waals surface area contributed by atoms with Crippen LogP contribution >= 0.6 is 7.82 Å². The average Bonchev–Trinajstić information content (AvgIpc) is 3.63. The van der Waals surface area contributed by atoms with Gasteiger partial charge in [0.2, 0.25) is 5.91 Å². The van der Waals surface area contributed by atoms with E-state index in [1.54, 1.807) is 0 Å². The number of nitrogens with one attached hydrogen (secondary N) is 1. The summed E-state index contributed by atoms with van der Waals surface area (Å²) in [7, 11) is 1.59. The number of carbonyl (C=O) groups excluding carboxylic acids is 3. The summed E-state index contributed by atoms with van der Waals surface area (Å²) in [5.41, 5.74) is 0. The standard InChI is InChI=1S/C74H145N2O8P/c1-8-12-16-20-24-28-32-36-37-38-42-44-48-52-56-60-64-72(77)75-70(69-82-85(80,81-68-67-76(5,6)7)84-74(79)66-62-58-54-50-46-41-35-31-27-23-19-15-11-4)71(63-59-55-51-47-43-39-33-29-25-21-17-13-9-2)83-73(78)65-61-57-53-49-45-40-34-30-26-22-18-14-10-3/h59,63,70-71H,8-58,60-62,64-69H2,1-7H3/p+1/b63-59+. The third kappa shape index (κ3) is 62.3. The number of likely N-dealkylation sites (N-methyl/N-ethyl adjacent to an activating group) is 1. The normalized spacial score (nSPS) is 13.4. The molecule has 85 heavy (non-hydrogen) atoms. The zero-order valence-corrected chi connectivity index (χ0v) is 58.8. The Hall–Kier alpha value is -1.74. The van der Waals surface area contributed by atoms with Crippen LogP contribution in [0.25, 0.3) is 0 Å². The summed E-state index contributed by atoms with van der Waals surface area (Å²) >= 11 is 0. The van der Waals surface area contributed by atoms with E-state index >= 15 is 0 Å². The van der Waals surface area contributed by atoms with E-state index < -0.39 is 25.9 Å². The van der Waals surface area contributed by atoms with E-state index in [9.17, 15) is 18.9 Å². The number of esters is 1. The van der Waals surface area contributed by atoms with Gasteiger partial charge in [0.15, 0.2) is 0 Å². The molecule has 0 aromatic rings. The van der Waals surface area contributed by atoms with Crippen molar-refractivity contribution in [3.05, 3.63) is 12.2 Å². The number of carbonyl (C=O) groups is 3. The molecule has 3 unspecified atom stereocenters. The van der Waals surface area contributed by atoms with Crippen LogP contribution in [0.5, 0.6) is 0 Å². The number of phosphoric acid groups is 1. The molecule has 0 fully saturated rings. The lowest BCUT2D eigenvalue weighted by Crippen LogP contribution is -2.47. The van der Waals surface area contributed by atoms with Gasteiger partial charge in [-0.2, -0.15) is 0 Å². The zero-order chi connectivity index (χ0) is 62.3. The van der Waals surface area contributed by atoms with Gasteiger partial charge < -0.3 is 19.1 Å². The Morgan fingerprint density at radius 1 is 0.388 bits per heavy atom. The van der Waals surface area contributed by atoms with Crippen LogP contribution in [0.2, 0.25) is 0 Å².